The number of carbonyl (C=O) groups excluding carboxylic acids is 3. The van der Waals surface area contributed by atoms with Gasteiger partial charge in [0.25, 0.3) is 5.91 Å². The third-order valence-corrected chi connectivity index (χ3v) is 4.17. The monoisotopic (exact) mass is 267 g/mol. The zero-order valence-corrected chi connectivity index (χ0v) is 11.4. The Labute approximate surface area is 112 Å². The molecule has 6 nitrogen and oxygen atoms in total. The standard InChI is InChI=1S/C13H21N3O3/c1-8-4-3-5-13(14,7-8)12(19)15-9-6-10(17)16(2)11(9)18/h8-9H,3-7,14H2,1-2H3,(H,15,19). The minimum absolute atomic E-state index is 0.0344. The molecule has 0 radical (unpaired) electrons. The van der Waals surface area contributed by atoms with Crippen LogP contribution in [0.15, 0.2) is 0 Å². The van der Waals surface area contributed by atoms with Gasteiger partial charge in [-0.1, -0.05) is 19.8 Å². The van der Waals surface area contributed by atoms with Crippen LogP contribution in [-0.2, 0) is 14.4 Å². The Morgan fingerprint density at radius 1 is 1.47 bits per heavy atom. The number of likely N-dealkylation sites (N-methyl/N-ethyl adjacent to an activating group) is 1. The van der Waals surface area contributed by atoms with Gasteiger partial charge < -0.3 is 11.1 Å². The Bertz CT molecular complexity index is 423. The van der Waals surface area contributed by atoms with Crippen molar-refractivity contribution in [2.45, 2.75) is 50.6 Å². The Morgan fingerprint density at radius 3 is 2.68 bits per heavy atom. The fourth-order valence-electron chi connectivity index (χ4n) is 2.97. The molecule has 1 aliphatic heterocycles. The van der Waals surface area contributed by atoms with Crippen molar-refractivity contribution in [1.29, 1.82) is 0 Å². The normalized spacial score (nSPS) is 35.6. The van der Waals surface area contributed by atoms with E-state index in [1.807, 2.05) is 0 Å². The SMILES string of the molecule is CC1CCCC(N)(C(=O)NC2CC(=O)N(C)C2=O)C1. The molecule has 1 saturated heterocycles. The molecule has 2 fully saturated rings. The first-order valence-electron chi connectivity index (χ1n) is 6.74. The lowest BCUT2D eigenvalue weighted by atomic mass is 9.76. The van der Waals surface area contributed by atoms with Crippen molar-refractivity contribution in [3.8, 4) is 0 Å². The number of imide groups is 1. The lowest BCUT2D eigenvalue weighted by Crippen LogP contribution is -2.59. The predicted octanol–water partition coefficient (Wildman–Crippen LogP) is -0.232. The zero-order valence-electron chi connectivity index (χ0n) is 11.4. The van der Waals surface area contributed by atoms with Gasteiger partial charge in [-0.2, -0.15) is 0 Å². The quantitative estimate of drug-likeness (QED) is 0.676. The average Bonchev–Trinajstić information content (AvgIpc) is 2.57. The number of carbonyl (C=O) groups is 3. The highest BCUT2D eigenvalue weighted by atomic mass is 16.2. The maximum absolute atomic E-state index is 12.3. The summed E-state index contributed by atoms with van der Waals surface area (Å²) in [6, 6.07) is -0.748. The largest absolute Gasteiger partial charge is 0.342 e. The second-order valence-electron chi connectivity index (χ2n) is 5.88. The topological polar surface area (TPSA) is 92.5 Å². The average molecular weight is 267 g/mol. The van der Waals surface area contributed by atoms with Crippen molar-refractivity contribution in [1.82, 2.24) is 10.2 Å². The van der Waals surface area contributed by atoms with Crippen LogP contribution in [0.4, 0.5) is 0 Å². The molecule has 6 heteroatoms. The Hall–Kier alpha value is -1.43. The minimum atomic E-state index is -0.901. The molecule has 19 heavy (non-hydrogen) atoms. The lowest BCUT2D eigenvalue weighted by molar-refractivity contribution is -0.138. The van der Waals surface area contributed by atoms with E-state index in [0.717, 1.165) is 17.7 Å². The summed E-state index contributed by atoms with van der Waals surface area (Å²) < 4.78 is 0. The van der Waals surface area contributed by atoms with Crippen LogP contribution >= 0.6 is 0 Å². The summed E-state index contributed by atoms with van der Waals surface area (Å²) in [7, 11) is 1.43. The van der Waals surface area contributed by atoms with E-state index in [1.165, 1.54) is 7.05 Å². The third kappa shape index (κ3) is 2.63. The highest BCUT2D eigenvalue weighted by Crippen LogP contribution is 2.30. The summed E-state index contributed by atoms with van der Waals surface area (Å²) in [5, 5.41) is 2.64. The van der Waals surface area contributed by atoms with Crippen LogP contribution in [0.1, 0.15) is 39.0 Å². The fraction of sp³-hybridized carbons (Fsp3) is 0.769. The van der Waals surface area contributed by atoms with Crippen molar-refractivity contribution in [3.05, 3.63) is 0 Å². The van der Waals surface area contributed by atoms with Crippen LogP contribution in [0.2, 0.25) is 0 Å². The molecular formula is C13H21N3O3. The minimum Gasteiger partial charge on any atom is -0.342 e. The van der Waals surface area contributed by atoms with Gasteiger partial charge >= 0.3 is 0 Å². The van der Waals surface area contributed by atoms with Crippen molar-refractivity contribution < 1.29 is 14.4 Å². The van der Waals surface area contributed by atoms with Crippen molar-refractivity contribution in [2.24, 2.45) is 11.7 Å². The molecule has 3 atom stereocenters. The summed E-state index contributed by atoms with van der Waals surface area (Å²) in [6.45, 7) is 2.08. The van der Waals surface area contributed by atoms with E-state index in [-0.39, 0.29) is 24.1 Å². The van der Waals surface area contributed by atoms with Crippen LogP contribution in [0.3, 0.4) is 0 Å². The van der Waals surface area contributed by atoms with E-state index >= 15 is 0 Å². The van der Waals surface area contributed by atoms with Crippen LogP contribution in [0.5, 0.6) is 0 Å². The van der Waals surface area contributed by atoms with Gasteiger partial charge in [0.1, 0.15) is 6.04 Å². The number of nitrogens with two attached hydrogens (primary N) is 1. The van der Waals surface area contributed by atoms with E-state index in [4.69, 9.17) is 5.73 Å². The number of nitrogens with zero attached hydrogens (tertiary/aromatic N) is 1. The smallest absolute Gasteiger partial charge is 0.252 e. The molecule has 0 spiro atoms. The molecule has 2 rings (SSSR count). The molecule has 2 aliphatic rings. The summed E-state index contributed by atoms with van der Waals surface area (Å²) in [5.41, 5.74) is 5.26. The van der Waals surface area contributed by atoms with Gasteiger partial charge in [-0.15, -0.1) is 0 Å². The molecule has 1 heterocycles. The van der Waals surface area contributed by atoms with E-state index in [9.17, 15) is 14.4 Å². The molecule has 1 saturated carbocycles. The van der Waals surface area contributed by atoms with Crippen molar-refractivity contribution in [2.75, 3.05) is 7.05 Å². The number of amides is 3. The third-order valence-electron chi connectivity index (χ3n) is 4.17. The maximum atomic E-state index is 12.3. The van der Waals surface area contributed by atoms with Crippen LogP contribution in [0.25, 0.3) is 0 Å². The highest BCUT2D eigenvalue weighted by Gasteiger charge is 2.42. The highest BCUT2D eigenvalue weighted by molar-refractivity contribution is 6.07. The molecule has 3 amide bonds. The lowest BCUT2D eigenvalue weighted by Gasteiger charge is -2.35. The van der Waals surface area contributed by atoms with Gasteiger partial charge in [-0.25, -0.2) is 0 Å². The molecule has 106 valence electrons. The van der Waals surface area contributed by atoms with Gasteiger partial charge in [0.2, 0.25) is 11.8 Å². The molecule has 1 aliphatic carbocycles. The molecule has 0 aromatic carbocycles. The Morgan fingerprint density at radius 2 is 2.16 bits per heavy atom. The molecule has 0 bridgehead atoms. The summed E-state index contributed by atoms with van der Waals surface area (Å²) in [4.78, 5) is 36.5. The van der Waals surface area contributed by atoms with Gasteiger partial charge in [0.15, 0.2) is 0 Å². The number of likely N-dealkylation sites (tertiary alicyclic amines) is 1. The zero-order chi connectivity index (χ0) is 14.2. The van der Waals surface area contributed by atoms with Crippen LogP contribution in [0, 0.1) is 5.92 Å². The Balaban J connectivity index is 2.01. The molecular weight excluding hydrogens is 246 g/mol. The summed E-state index contributed by atoms with van der Waals surface area (Å²) >= 11 is 0. The maximum Gasteiger partial charge on any atom is 0.252 e. The second kappa shape index (κ2) is 4.92. The molecule has 3 unspecified atom stereocenters. The number of rotatable bonds is 2. The van der Waals surface area contributed by atoms with E-state index in [0.29, 0.717) is 18.8 Å². The van der Waals surface area contributed by atoms with E-state index in [1.54, 1.807) is 0 Å². The fourth-order valence-corrected chi connectivity index (χ4v) is 2.97. The van der Waals surface area contributed by atoms with Gasteiger partial charge in [-0.3, -0.25) is 19.3 Å². The van der Waals surface area contributed by atoms with E-state index < -0.39 is 11.6 Å². The molecule has 0 aromatic heterocycles. The van der Waals surface area contributed by atoms with Crippen LogP contribution in [-0.4, -0.2) is 41.2 Å². The summed E-state index contributed by atoms with van der Waals surface area (Å²) in [5.74, 6) is -0.516. The first-order chi connectivity index (χ1) is 8.83. The van der Waals surface area contributed by atoms with Gasteiger partial charge in [-0.05, 0) is 18.8 Å². The number of nitrogens with one attached hydrogen (secondary N) is 1. The number of hydrogen-bond donors (Lipinski definition) is 2. The number of hydrogen-bond acceptors (Lipinski definition) is 4. The summed E-state index contributed by atoms with van der Waals surface area (Å²) in [6.07, 6.45) is 3.29. The first-order valence-corrected chi connectivity index (χ1v) is 6.74. The van der Waals surface area contributed by atoms with E-state index in [2.05, 4.69) is 12.2 Å². The van der Waals surface area contributed by atoms with Gasteiger partial charge in [0.05, 0.1) is 12.0 Å². The van der Waals surface area contributed by atoms with Gasteiger partial charge in [0, 0.05) is 7.05 Å². The first kappa shape index (κ1) is 14.0. The van der Waals surface area contributed by atoms with Crippen molar-refractivity contribution in [3.63, 3.8) is 0 Å². The molecule has 0 aromatic rings. The van der Waals surface area contributed by atoms with Crippen molar-refractivity contribution >= 4 is 17.7 Å². The molecule has 3 N–H and O–H groups in total. The Kier molecular flexibility index (Phi) is 3.62. The predicted molar refractivity (Wildman–Crippen MR) is 68.9 cm³/mol. The second-order valence-corrected chi connectivity index (χ2v) is 5.88. The van der Waals surface area contributed by atoms with Crippen LogP contribution < -0.4 is 11.1 Å².